The maximum absolute atomic E-state index is 13.6. The van der Waals surface area contributed by atoms with Gasteiger partial charge in [0, 0.05) is 91.1 Å². The Morgan fingerprint density at radius 2 is 0.569 bits per heavy atom. The third kappa shape index (κ3) is 22.9. The number of carbonyl (C=O) groups is 2. The summed E-state index contributed by atoms with van der Waals surface area (Å²) in [5, 5.41) is 3.56. The largest absolute Gasteiger partial charge is 0.293 e. The number of carbonyl (C=O) groups excluding carboxylic acids is 2. The van der Waals surface area contributed by atoms with E-state index >= 15 is 0 Å². The minimum Gasteiger partial charge on any atom is -0.293 e. The topological polar surface area (TPSA) is 40.6 Å². The SMILES string of the molecule is CCCCCCCCc1cc(C=C2SC(=S)N(CC)C2=O)sc1-c1ccc(-c2sc(-c3cc4c(s3)-c3sc(-c5cc(CCCCCCCC)c(-c6ccc(-c7sc(C=C8SC(=S)N(CC)C8=O)cc7CCCCCCCC)s6)s5)cc3[Si]4(CCCCCCCC)CCCCCCCC)cc2CCCCCCCC)s1. The minimum absolute atomic E-state index is 0.0426. The van der Waals surface area contributed by atoms with Gasteiger partial charge < -0.3 is 0 Å². The van der Waals surface area contributed by atoms with E-state index < -0.39 is 8.07 Å². The van der Waals surface area contributed by atoms with Gasteiger partial charge in [0.1, 0.15) is 16.7 Å². The summed E-state index contributed by atoms with van der Waals surface area (Å²) in [5.41, 5.74) is 5.93. The van der Waals surface area contributed by atoms with Crippen LogP contribution in [0.5, 0.6) is 0 Å². The molecule has 8 aromatic heterocycles. The highest BCUT2D eigenvalue weighted by atomic mass is 32.2. The number of unbranched alkanes of at least 4 members (excludes halogenated alkanes) is 30. The predicted molar refractivity (Wildman–Crippen MR) is 508 cm³/mol. The maximum atomic E-state index is 13.6. The number of rotatable bonds is 52. The first-order chi connectivity index (χ1) is 53.4. The lowest BCUT2D eigenvalue weighted by molar-refractivity contribution is -0.122. The zero-order valence-corrected chi connectivity index (χ0v) is 77.9. The molecule has 11 rings (SSSR count). The van der Waals surface area contributed by atoms with Gasteiger partial charge >= 0.3 is 0 Å². The first kappa shape index (κ1) is 87.0. The average Bonchev–Trinajstić information content (AvgIpc) is 1.54. The van der Waals surface area contributed by atoms with Crippen LogP contribution < -0.4 is 10.4 Å². The van der Waals surface area contributed by atoms with Crippen LogP contribution in [-0.4, -0.2) is 51.4 Å². The lowest BCUT2D eigenvalue weighted by Crippen LogP contribution is -2.54. The van der Waals surface area contributed by atoms with Crippen LogP contribution in [0.1, 0.15) is 319 Å². The molecule has 0 atom stereocenters. The molecular formula is C92H124N2O2S12Si. The van der Waals surface area contributed by atoms with Crippen LogP contribution in [0.3, 0.4) is 0 Å². The molecule has 8 aromatic rings. The number of aryl methyl sites for hydroxylation is 4. The van der Waals surface area contributed by atoms with E-state index in [2.05, 4.69) is 160 Å². The van der Waals surface area contributed by atoms with E-state index in [1.54, 1.807) is 29.9 Å². The fraction of sp³-hybridized carbons (Fsp3) is 0.565. The van der Waals surface area contributed by atoms with E-state index in [0.29, 0.717) is 21.7 Å². The monoisotopic (exact) mass is 1700 g/mol. The van der Waals surface area contributed by atoms with Crippen molar-refractivity contribution < 1.29 is 9.59 Å². The first-order valence-corrected chi connectivity index (χ1v) is 54.3. The van der Waals surface area contributed by atoms with Crippen molar-refractivity contribution in [1.29, 1.82) is 0 Å². The third-order valence-corrected chi connectivity index (χ3v) is 41.3. The van der Waals surface area contributed by atoms with Gasteiger partial charge in [0.25, 0.3) is 11.8 Å². The van der Waals surface area contributed by atoms with Crippen molar-refractivity contribution in [3.63, 3.8) is 0 Å². The Labute approximate surface area is 710 Å². The molecular weight excluding hydrogens is 1580 g/mol. The molecule has 109 heavy (non-hydrogen) atoms. The molecule has 4 nitrogen and oxygen atoms in total. The predicted octanol–water partition coefficient (Wildman–Crippen LogP) is 32.5. The zero-order chi connectivity index (χ0) is 76.5. The van der Waals surface area contributed by atoms with Crippen LogP contribution in [0, 0.1) is 0 Å². The molecule has 3 aliphatic heterocycles. The molecule has 0 aliphatic carbocycles. The summed E-state index contributed by atoms with van der Waals surface area (Å²) < 4.78 is 1.33. The Kier molecular flexibility index (Phi) is 35.9. The second-order valence-electron chi connectivity index (χ2n) is 31.0. The molecule has 11 heterocycles. The summed E-state index contributed by atoms with van der Waals surface area (Å²) >= 11 is 30.5. The molecule has 2 saturated heterocycles. The van der Waals surface area contributed by atoms with Crippen molar-refractivity contribution in [2.24, 2.45) is 0 Å². The first-order valence-electron chi connectivity index (χ1n) is 42.9. The second kappa shape index (κ2) is 45.0. The Hall–Kier alpha value is -2.88. The molecule has 0 spiro atoms. The Balaban J connectivity index is 0.975. The molecule has 0 saturated carbocycles. The van der Waals surface area contributed by atoms with Gasteiger partial charge in [-0.05, 0) is 183 Å². The van der Waals surface area contributed by atoms with Crippen molar-refractivity contribution in [3.05, 3.63) is 102 Å². The quantitative estimate of drug-likeness (QED) is 0.0164. The summed E-state index contributed by atoms with van der Waals surface area (Å²) in [5.74, 6) is 0.0851. The van der Waals surface area contributed by atoms with Gasteiger partial charge in [-0.3, -0.25) is 19.4 Å². The highest BCUT2D eigenvalue weighted by Gasteiger charge is 2.48. The molecule has 2 fully saturated rings. The smallest absolute Gasteiger partial charge is 0.266 e. The molecule has 2 amide bonds. The molecule has 0 bridgehead atoms. The van der Waals surface area contributed by atoms with E-state index in [9.17, 15) is 9.59 Å². The number of hydrogen-bond acceptors (Lipinski definition) is 14. The fourth-order valence-corrected chi connectivity index (χ4v) is 36.2. The molecule has 0 aromatic carbocycles. The number of thiophene rings is 8. The molecule has 0 radical (unpaired) electrons. The Morgan fingerprint density at radius 1 is 0.303 bits per heavy atom. The molecule has 590 valence electrons. The van der Waals surface area contributed by atoms with E-state index in [0.717, 1.165) is 45.2 Å². The normalized spacial score (nSPS) is 15.0. The molecule has 17 heteroatoms. The number of amides is 2. The van der Waals surface area contributed by atoms with Gasteiger partial charge in [0.2, 0.25) is 0 Å². The van der Waals surface area contributed by atoms with Crippen molar-refractivity contribution >= 4 is 190 Å². The van der Waals surface area contributed by atoms with Crippen molar-refractivity contribution in [1.82, 2.24) is 9.80 Å². The van der Waals surface area contributed by atoms with Crippen LogP contribution in [0.4, 0.5) is 0 Å². The number of fused-ring (bicyclic) bond motifs is 3. The number of likely N-dealkylation sites (N-methyl/N-ethyl adjacent to an activating group) is 2. The fourth-order valence-electron chi connectivity index (χ4n) is 16.4. The van der Waals surface area contributed by atoms with Crippen LogP contribution in [0.25, 0.3) is 80.4 Å². The number of thiocarbonyl (C=S) groups is 2. The van der Waals surface area contributed by atoms with Gasteiger partial charge in [-0.1, -0.05) is 295 Å². The number of thioether (sulfide) groups is 2. The van der Waals surface area contributed by atoms with Crippen LogP contribution in [0.15, 0.2) is 70.5 Å². The van der Waals surface area contributed by atoms with E-state index in [-0.39, 0.29) is 11.8 Å². The second-order valence-corrected chi connectivity index (χ2v) is 47.1. The molecule has 0 N–H and O–H groups in total. The molecule has 3 aliphatic rings. The van der Waals surface area contributed by atoms with Crippen LogP contribution in [-0.2, 0) is 35.3 Å². The lowest BCUT2D eigenvalue weighted by Gasteiger charge is -2.29. The number of hydrogen-bond donors (Lipinski definition) is 0. The van der Waals surface area contributed by atoms with E-state index in [1.165, 1.54) is 348 Å². The zero-order valence-electron chi connectivity index (χ0n) is 67.2. The Morgan fingerprint density at radius 3 is 0.872 bits per heavy atom. The summed E-state index contributed by atoms with van der Waals surface area (Å²) in [4.78, 5) is 54.9. The summed E-state index contributed by atoms with van der Waals surface area (Å²) in [6, 6.07) is 28.3. The Bertz CT molecular complexity index is 4010. The van der Waals surface area contributed by atoms with E-state index in [4.69, 9.17) is 24.4 Å². The average molecular weight is 1700 g/mol. The van der Waals surface area contributed by atoms with Gasteiger partial charge in [-0.25, -0.2) is 0 Å². The van der Waals surface area contributed by atoms with Gasteiger partial charge in [-0.15, -0.1) is 90.7 Å². The third-order valence-electron chi connectivity index (χ3n) is 22.6. The van der Waals surface area contributed by atoms with Gasteiger partial charge in [0.05, 0.1) is 9.81 Å². The summed E-state index contributed by atoms with van der Waals surface area (Å²) in [6.07, 6.45) is 55.4. The van der Waals surface area contributed by atoms with Crippen molar-refractivity contribution in [3.8, 4) is 68.3 Å². The van der Waals surface area contributed by atoms with Crippen molar-refractivity contribution in [2.75, 3.05) is 13.1 Å². The maximum Gasteiger partial charge on any atom is 0.266 e. The number of nitrogens with zero attached hydrogens (tertiary/aromatic N) is 2. The van der Waals surface area contributed by atoms with Gasteiger partial charge in [0.15, 0.2) is 0 Å². The van der Waals surface area contributed by atoms with Gasteiger partial charge in [-0.2, -0.15) is 0 Å². The molecule has 0 unspecified atom stereocenters. The lowest BCUT2D eigenvalue weighted by atomic mass is 10.0. The minimum atomic E-state index is -2.24. The van der Waals surface area contributed by atoms with E-state index in [1.807, 2.05) is 59.2 Å². The van der Waals surface area contributed by atoms with Crippen molar-refractivity contribution in [2.45, 2.75) is 324 Å². The summed E-state index contributed by atoms with van der Waals surface area (Å²) in [7, 11) is -2.24. The highest BCUT2D eigenvalue weighted by Crippen LogP contribution is 2.54. The standard InChI is InChI=1S/C92H124N2O2S12Si/c1-9-17-23-29-35-41-47-65-57-69(61-79-89(95)93(15-7)91(97)107-79)99-83(65)71-51-53-73(101-71)85-67(49-43-37-31-25-19-11-3)59-75(103-85)77-63-81-87(105-77)88-82(109(81,55-45-39-33-27-21-13-5)56-46-40-34-28-22-14-6)64-78(106-88)76-60-68(50-44-38-32-26-20-12-4)86(104-76)74-54-52-72(102-74)84-66(48-42-36-30-24-18-10-2)58-70(100-84)62-80-90(96)94(16-8)92(98)108-80/h51-54,57-64H,9-50,55-56H2,1-8H3. The van der Waals surface area contributed by atoms with Crippen LogP contribution in [0.2, 0.25) is 12.1 Å². The summed E-state index contributed by atoms with van der Waals surface area (Å²) in [6.45, 7) is 19.2. The van der Waals surface area contributed by atoms with Crippen LogP contribution >= 0.6 is 139 Å². The highest BCUT2D eigenvalue weighted by molar-refractivity contribution is 8.27.